The molecule has 2 aliphatic heterocycles. The SMILES string of the molecule is C1CCC(N(C2CCCC3CCCCC32)C2CCCC3C4CCC5OC6CCCCC6C5C4OC32)CC1. The van der Waals surface area contributed by atoms with Crippen LogP contribution in [-0.2, 0) is 9.47 Å². The zero-order valence-corrected chi connectivity index (χ0v) is 23.6. The molecule has 6 aliphatic carbocycles. The molecule has 0 bridgehead atoms. The van der Waals surface area contributed by atoms with Gasteiger partial charge in [0.1, 0.15) is 0 Å². The molecule has 2 heterocycles. The van der Waals surface area contributed by atoms with Gasteiger partial charge in [0.15, 0.2) is 0 Å². The second-order valence-electron chi connectivity index (χ2n) is 15.2. The molecule has 12 atom stereocenters. The van der Waals surface area contributed by atoms with E-state index in [1.807, 2.05) is 0 Å². The summed E-state index contributed by atoms with van der Waals surface area (Å²) in [6.07, 6.45) is 32.6. The fraction of sp³-hybridized carbons (Fsp3) is 1.00. The normalized spacial score (nSPS) is 52.1. The van der Waals surface area contributed by atoms with E-state index >= 15 is 0 Å². The van der Waals surface area contributed by atoms with Crippen molar-refractivity contribution >= 4 is 0 Å². The highest BCUT2D eigenvalue weighted by Gasteiger charge is 2.61. The number of hydrogen-bond donors (Lipinski definition) is 0. The van der Waals surface area contributed by atoms with Crippen LogP contribution in [0.15, 0.2) is 0 Å². The van der Waals surface area contributed by atoms with E-state index in [9.17, 15) is 0 Å². The van der Waals surface area contributed by atoms with Crippen molar-refractivity contribution in [2.45, 2.75) is 177 Å². The lowest BCUT2D eigenvalue weighted by Gasteiger charge is -2.54. The maximum absolute atomic E-state index is 7.52. The van der Waals surface area contributed by atoms with Gasteiger partial charge in [-0.15, -0.1) is 0 Å². The Bertz CT molecular complexity index is 793. The van der Waals surface area contributed by atoms with Crippen LogP contribution >= 0.6 is 0 Å². The van der Waals surface area contributed by atoms with Gasteiger partial charge in [-0.2, -0.15) is 0 Å². The van der Waals surface area contributed by atoms with E-state index in [1.54, 1.807) is 0 Å². The standard InChI is InChI=1S/C34H55NO2/c1-2-12-23(13-3-1)35(28-17-8-11-22-10-4-5-14-24(22)28)29-18-9-16-25-26-20-21-31-32(34(26)37-33(25)29)27-15-6-7-19-30(27)36-31/h22-34H,1-21H2. The number of nitrogens with zero attached hydrogens (tertiary/aromatic N) is 1. The first-order chi connectivity index (χ1) is 18.4. The zero-order valence-electron chi connectivity index (χ0n) is 23.6. The molecule has 12 unspecified atom stereocenters. The lowest BCUT2D eigenvalue weighted by Crippen LogP contribution is -2.60. The molecule has 3 heteroatoms. The van der Waals surface area contributed by atoms with E-state index in [0.717, 1.165) is 47.6 Å². The Hall–Kier alpha value is -0.120. The second kappa shape index (κ2) is 10.4. The third-order valence-electron chi connectivity index (χ3n) is 13.6. The van der Waals surface area contributed by atoms with Crippen LogP contribution in [0.2, 0.25) is 0 Å². The Morgan fingerprint density at radius 1 is 0.405 bits per heavy atom. The lowest BCUT2D eigenvalue weighted by molar-refractivity contribution is -0.113. The number of ether oxygens (including phenoxy) is 2. The van der Waals surface area contributed by atoms with Crippen molar-refractivity contribution < 1.29 is 9.47 Å². The van der Waals surface area contributed by atoms with E-state index in [4.69, 9.17) is 9.47 Å². The molecule has 0 spiro atoms. The minimum atomic E-state index is 0.517. The monoisotopic (exact) mass is 509 g/mol. The van der Waals surface area contributed by atoms with Gasteiger partial charge < -0.3 is 9.47 Å². The Kier molecular flexibility index (Phi) is 6.91. The molecule has 8 fully saturated rings. The molecule has 37 heavy (non-hydrogen) atoms. The molecule has 8 aliphatic rings. The Morgan fingerprint density at radius 3 is 2.00 bits per heavy atom. The minimum absolute atomic E-state index is 0.517. The summed E-state index contributed by atoms with van der Waals surface area (Å²) in [5.41, 5.74) is 0. The highest BCUT2D eigenvalue weighted by Crippen LogP contribution is 2.57. The quantitative estimate of drug-likeness (QED) is 0.386. The van der Waals surface area contributed by atoms with Crippen molar-refractivity contribution in [1.82, 2.24) is 4.90 Å². The van der Waals surface area contributed by atoms with Gasteiger partial charge >= 0.3 is 0 Å². The third-order valence-corrected chi connectivity index (χ3v) is 13.6. The summed E-state index contributed by atoms with van der Waals surface area (Å²) in [6.45, 7) is 0. The molecule has 3 nitrogen and oxygen atoms in total. The van der Waals surface area contributed by atoms with Gasteiger partial charge in [-0.3, -0.25) is 4.90 Å². The maximum atomic E-state index is 7.52. The fourth-order valence-corrected chi connectivity index (χ4v) is 12.3. The highest BCUT2D eigenvalue weighted by molar-refractivity contribution is 5.10. The summed E-state index contributed by atoms with van der Waals surface area (Å²) in [5.74, 6) is 5.22. The number of rotatable bonds is 3. The van der Waals surface area contributed by atoms with Crippen LogP contribution in [0.3, 0.4) is 0 Å². The molecule has 208 valence electrons. The van der Waals surface area contributed by atoms with Crippen LogP contribution < -0.4 is 0 Å². The first kappa shape index (κ1) is 24.7. The van der Waals surface area contributed by atoms with Crippen LogP contribution in [0.25, 0.3) is 0 Å². The highest BCUT2D eigenvalue weighted by atomic mass is 16.5. The topological polar surface area (TPSA) is 21.7 Å². The predicted molar refractivity (Wildman–Crippen MR) is 148 cm³/mol. The number of fused-ring (bicyclic) bond motifs is 8. The first-order valence-corrected chi connectivity index (χ1v) is 17.4. The van der Waals surface area contributed by atoms with Crippen LogP contribution in [0.1, 0.15) is 135 Å². The summed E-state index contributed by atoms with van der Waals surface area (Å²) in [4.78, 5) is 3.27. The zero-order chi connectivity index (χ0) is 24.3. The Balaban J connectivity index is 1.10. The average molecular weight is 510 g/mol. The Labute approximate surface area is 227 Å². The van der Waals surface area contributed by atoms with Gasteiger partial charge in [-0.1, -0.05) is 70.6 Å². The van der Waals surface area contributed by atoms with Gasteiger partial charge in [-0.05, 0) is 93.8 Å². The summed E-state index contributed by atoms with van der Waals surface area (Å²) < 4.78 is 14.3. The molecule has 0 radical (unpaired) electrons. The van der Waals surface area contributed by atoms with E-state index in [1.165, 1.54) is 135 Å². The molecule has 0 amide bonds. The van der Waals surface area contributed by atoms with E-state index in [-0.39, 0.29) is 0 Å². The van der Waals surface area contributed by atoms with Crippen molar-refractivity contribution in [2.24, 2.45) is 35.5 Å². The summed E-state index contributed by atoms with van der Waals surface area (Å²) in [5, 5.41) is 0. The molecule has 8 rings (SSSR count). The molecule has 0 aromatic rings. The summed E-state index contributed by atoms with van der Waals surface area (Å²) >= 11 is 0. The Morgan fingerprint density at radius 2 is 1.08 bits per heavy atom. The van der Waals surface area contributed by atoms with E-state index in [2.05, 4.69) is 4.90 Å². The van der Waals surface area contributed by atoms with Crippen molar-refractivity contribution in [2.75, 3.05) is 0 Å². The first-order valence-electron chi connectivity index (χ1n) is 17.4. The second-order valence-corrected chi connectivity index (χ2v) is 15.2. The largest absolute Gasteiger partial charge is 0.374 e. The molecule has 0 aromatic heterocycles. The fourth-order valence-electron chi connectivity index (χ4n) is 12.3. The minimum Gasteiger partial charge on any atom is -0.374 e. The maximum Gasteiger partial charge on any atom is 0.0766 e. The smallest absolute Gasteiger partial charge is 0.0766 e. The van der Waals surface area contributed by atoms with Crippen molar-refractivity contribution in [3.05, 3.63) is 0 Å². The lowest BCUT2D eigenvalue weighted by atomic mass is 9.64. The van der Waals surface area contributed by atoms with Gasteiger partial charge in [0.25, 0.3) is 0 Å². The molecular formula is C34H55NO2. The van der Waals surface area contributed by atoms with Gasteiger partial charge in [0, 0.05) is 24.0 Å². The van der Waals surface area contributed by atoms with Crippen LogP contribution in [0, 0.1) is 35.5 Å². The molecular weight excluding hydrogens is 454 g/mol. The molecule has 0 aromatic carbocycles. The van der Waals surface area contributed by atoms with E-state index in [0.29, 0.717) is 30.5 Å². The van der Waals surface area contributed by atoms with Crippen molar-refractivity contribution in [3.63, 3.8) is 0 Å². The van der Waals surface area contributed by atoms with Crippen molar-refractivity contribution in [1.29, 1.82) is 0 Å². The molecule has 6 saturated carbocycles. The number of hydrogen-bond acceptors (Lipinski definition) is 3. The summed E-state index contributed by atoms with van der Waals surface area (Å²) in [7, 11) is 0. The van der Waals surface area contributed by atoms with E-state index < -0.39 is 0 Å². The van der Waals surface area contributed by atoms with Crippen LogP contribution in [0.5, 0.6) is 0 Å². The van der Waals surface area contributed by atoms with Gasteiger partial charge in [0.05, 0.1) is 24.4 Å². The van der Waals surface area contributed by atoms with Crippen LogP contribution in [-0.4, -0.2) is 47.4 Å². The van der Waals surface area contributed by atoms with Gasteiger partial charge in [0.2, 0.25) is 0 Å². The average Bonchev–Trinajstić information content (AvgIpc) is 3.53. The summed E-state index contributed by atoms with van der Waals surface area (Å²) in [6, 6.07) is 2.42. The predicted octanol–water partition coefficient (Wildman–Crippen LogP) is 7.90. The van der Waals surface area contributed by atoms with Crippen LogP contribution in [0.4, 0.5) is 0 Å². The molecule has 2 saturated heterocycles. The third kappa shape index (κ3) is 4.21. The van der Waals surface area contributed by atoms with Crippen molar-refractivity contribution in [3.8, 4) is 0 Å². The van der Waals surface area contributed by atoms with Gasteiger partial charge in [-0.25, -0.2) is 0 Å². The molecule has 0 N–H and O–H groups in total.